The summed E-state index contributed by atoms with van der Waals surface area (Å²) in [5, 5.41) is 3.05. The van der Waals surface area contributed by atoms with Crippen LogP contribution in [0.1, 0.15) is 32.6 Å². The van der Waals surface area contributed by atoms with Crippen molar-refractivity contribution in [2.45, 2.75) is 38.6 Å². The minimum atomic E-state index is 0.0462. The maximum absolute atomic E-state index is 11.7. The smallest absolute Gasteiger partial charge is 0.317 e. The molecule has 0 aromatic heterocycles. The van der Waals surface area contributed by atoms with Crippen LogP contribution in [0.5, 0.6) is 0 Å². The van der Waals surface area contributed by atoms with Crippen LogP contribution in [0.3, 0.4) is 0 Å². The largest absolute Gasteiger partial charge is 0.335 e. The van der Waals surface area contributed by atoms with Gasteiger partial charge in [0.05, 0.1) is 0 Å². The number of hydrogen-bond donors (Lipinski definition) is 2. The van der Waals surface area contributed by atoms with E-state index in [4.69, 9.17) is 5.73 Å². The molecule has 1 aliphatic carbocycles. The number of carbonyl (C=O) groups excluding carboxylic acids is 1. The molecule has 1 rings (SSSR count). The third-order valence-electron chi connectivity index (χ3n) is 2.75. The molecule has 0 atom stereocenters. The van der Waals surface area contributed by atoms with Crippen LogP contribution in [0.4, 0.5) is 4.79 Å². The van der Waals surface area contributed by atoms with E-state index in [9.17, 15) is 4.79 Å². The predicted molar refractivity (Wildman–Crippen MR) is 57.1 cm³/mol. The van der Waals surface area contributed by atoms with Gasteiger partial charge in [0.1, 0.15) is 0 Å². The molecule has 2 amide bonds. The molecule has 1 fully saturated rings. The second kappa shape index (κ2) is 5.86. The molecule has 0 bridgehead atoms. The van der Waals surface area contributed by atoms with Crippen molar-refractivity contribution in [2.24, 2.45) is 5.73 Å². The van der Waals surface area contributed by atoms with Crippen LogP contribution >= 0.6 is 0 Å². The Hall–Kier alpha value is -0.770. The fraction of sp³-hybridized carbons (Fsp3) is 0.900. The zero-order valence-corrected chi connectivity index (χ0v) is 8.96. The summed E-state index contributed by atoms with van der Waals surface area (Å²) in [4.78, 5) is 13.4. The lowest BCUT2D eigenvalue weighted by Gasteiger charge is -2.23. The zero-order valence-electron chi connectivity index (χ0n) is 8.96. The highest BCUT2D eigenvalue weighted by atomic mass is 16.2. The fourth-order valence-corrected chi connectivity index (χ4v) is 1.90. The van der Waals surface area contributed by atoms with Gasteiger partial charge in [0.15, 0.2) is 0 Å². The van der Waals surface area contributed by atoms with Crippen LogP contribution in [-0.4, -0.2) is 36.6 Å². The predicted octanol–water partition coefficient (Wildman–Crippen LogP) is 0.919. The Kier molecular flexibility index (Phi) is 4.73. The molecule has 0 heterocycles. The van der Waals surface area contributed by atoms with Crippen LogP contribution < -0.4 is 11.1 Å². The van der Waals surface area contributed by atoms with Gasteiger partial charge in [-0.15, -0.1) is 0 Å². The van der Waals surface area contributed by atoms with Crippen molar-refractivity contribution in [3.8, 4) is 0 Å². The van der Waals surface area contributed by atoms with Crippen molar-refractivity contribution in [1.29, 1.82) is 0 Å². The first-order valence-corrected chi connectivity index (χ1v) is 5.53. The van der Waals surface area contributed by atoms with E-state index in [1.54, 1.807) is 4.90 Å². The van der Waals surface area contributed by atoms with Crippen molar-refractivity contribution in [2.75, 3.05) is 19.6 Å². The standard InChI is InChI=1S/C10H21N3O/c1-2-13(8-7-11)10(14)12-9-5-3-4-6-9/h9H,2-8,11H2,1H3,(H,12,14). The first kappa shape index (κ1) is 11.3. The fourth-order valence-electron chi connectivity index (χ4n) is 1.90. The Labute approximate surface area is 85.8 Å². The van der Waals surface area contributed by atoms with E-state index in [2.05, 4.69) is 5.32 Å². The number of hydrogen-bond acceptors (Lipinski definition) is 2. The lowest BCUT2D eigenvalue weighted by Crippen LogP contribution is -2.45. The molecule has 1 aliphatic rings. The molecule has 14 heavy (non-hydrogen) atoms. The van der Waals surface area contributed by atoms with Crippen LogP contribution in [0, 0.1) is 0 Å². The molecule has 0 aromatic rings. The molecule has 0 spiro atoms. The van der Waals surface area contributed by atoms with Crippen molar-refractivity contribution in [3.05, 3.63) is 0 Å². The van der Waals surface area contributed by atoms with E-state index in [1.807, 2.05) is 6.92 Å². The molecule has 0 aliphatic heterocycles. The lowest BCUT2D eigenvalue weighted by molar-refractivity contribution is 0.198. The second-order valence-corrected chi connectivity index (χ2v) is 3.80. The average Bonchev–Trinajstić information content (AvgIpc) is 2.66. The van der Waals surface area contributed by atoms with Gasteiger partial charge < -0.3 is 16.0 Å². The van der Waals surface area contributed by atoms with Crippen molar-refractivity contribution in [1.82, 2.24) is 10.2 Å². The van der Waals surface area contributed by atoms with E-state index in [0.717, 1.165) is 19.4 Å². The van der Waals surface area contributed by atoms with E-state index in [1.165, 1.54) is 12.8 Å². The SMILES string of the molecule is CCN(CCN)C(=O)NC1CCCC1. The molecule has 0 aromatic carbocycles. The first-order chi connectivity index (χ1) is 6.77. The highest BCUT2D eigenvalue weighted by Crippen LogP contribution is 2.17. The molecule has 4 heteroatoms. The number of nitrogens with two attached hydrogens (primary N) is 1. The third kappa shape index (κ3) is 3.18. The number of carbonyl (C=O) groups is 1. The normalized spacial score (nSPS) is 17.0. The number of nitrogens with one attached hydrogen (secondary N) is 1. The number of amides is 2. The summed E-state index contributed by atoms with van der Waals surface area (Å²) >= 11 is 0. The molecule has 1 saturated carbocycles. The summed E-state index contributed by atoms with van der Waals surface area (Å²) in [7, 11) is 0. The summed E-state index contributed by atoms with van der Waals surface area (Å²) in [6.45, 7) is 3.89. The highest BCUT2D eigenvalue weighted by molar-refractivity contribution is 5.74. The quantitative estimate of drug-likeness (QED) is 0.707. The molecule has 0 unspecified atom stereocenters. The number of urea groups is 1. The summed E-state index contributed by atoms with van der Waals surface area (Å²) in [6, 6.07) is 0.444. The van der Waals surface area contributed by atoms with E-state index >= 15 is 0 Å². The molecule has 82 valence electrons. The number of likely N-dealkylation sites (N-methyl/N-ethyl adjacent to an activating group) is 1. The Morgan fingerprint density at radius 1 is 1.50 bits per heavy atom. The minimum absolute atomic E-state index is 0.0462. The number of rotatable bonds is 4. The third-order valence-corrected chi connectivity index (χ3v) is 2.75. The zero-order chi connectivity index (χ0) is 10.4. The van der Waals surface area contributed by atoms with Crippen LogP contribution in [0.2, 0.25) is 0 Å². The summed E-state index contributed by atoms with van der Waals surface area (Å²) in [5.41, 5.74) is 5.43. The maximum atomic E-state index is 11.7. The molecule has 0 saturated heterocycles. The van der Waals surface area contributed by atoms with Gasteiger partial charge in [0.2, 0.25) is 0 Å². The minimum Gasteiger partial charge on any atom is -0.335 e. The number of nitrogens with zero attached hydrogens (tertiary/aromatic N) is 1. The van der Waals surface area contributed by atoms with Crippen molar-refractivity contribution >= 4 is 6.03 Å². The van der Waals surface area contributed by atoms with Gasteiger partial charge >= 0.3 is 6.03 Å². The Balaban J connectivity index is 2.30. The summed E-state index contributed by atoms with van der Waals surface area (Å²) < 4.78 is 0. The monoisotopic (exact) mass is 199 g/mol. The van der Waals surface area contributed by atoms with Crippen LogP contribution in [-0.2, 0) is 0 Å². The molecule has 3 N–H and O–H groups in total. The summed E-state index contributed by atoms with van der Waals surface area (Å²) in [6.07, 6.45) is 4.75. The van der Waals surface area contributed by atoms with Gasteiger partial charge in [-0.3, -0.25) is 0 Å². The Morgan fingerprint density at radius 3 is 2.64 bits per heavy atom. The molecular formula is C10H21N3O. The average molecular weight is 199 g/mol. The second-order valence-electron chi connectivity index (χ2n) is 3.80. The van der Waals surface area contributed by atoms with Crippen molar-refractivity contribution < 1.29 is 4.79 Å². The molecule has 4 nitrogen and oxygen atoms in total. The van der Waals surface area contributed by atoms with Crippen LogP contribution in [0.15, 0.2) is 0 Å². The van der Waals surface area contributed by atoms with Gasteiger partial charge in [0, 0.05) is 25.7 Å². The van der Waals surface area contributed by atoms with E-state index in [0.29, 0.717) is 19.1 Å². The van der Waals surface area contributed by atoms with Gasteiger partial charge in [-0.05, 0) is 19.8 Å². The van der Waals surface area contributed by atoms with Gasteiger partial charge in [-0.1, -0.05) is 12.8 Å². The van der Waals surface area contributed by atoms with Gasteiger partial charge in [-0.2, -0.15) is 0 Å². The Bertz CT molecular complexity index is 178. The van der Waals surface area contributed by atoms with E-state index < -0.39 is 0 Å². The van der Waals surface area contributed by atoms with Gasteiger partial charge in [0.25, 0.3) is 0 Å². The highest BCUT2D eigenvalue weighted by Gasteiger charge is 2.19. The van der Waals surface area contributed by atoms with E-state index in [-0.39, 0.29) is 6.03 Å². The van der Waals surface area contributed by atoms with Crippen molar-refractivity contribution in [3.63, 3.8) is 0 Å². The topological polar surface area (TPSA) is 58.4 Å². The first-order valence-electron chi connectivity index (χ1n) is 5.53. The lowest BCUT2D eigenvalue weighted by atomic mass is 10.2. The molecule has 0 radical (unpaired) electrons. The molecular weight excluding hydrogens is 178 g/mol. The summed E-state index contributed by atoms with van der Waals surface area (Å²) in [5.74, 6) is 0. The maximum Gasteiger partial charge on any atom is 0.317 e. The van der Waals surface area contributed by atoms with Gasteiger partial charge in [-0.25, -0.2) is 4.79 Å². The Morgan fingerprint density at radius 2 is 2.14 bits per heavy atom. The van der Waals surface area contributed by atoms with Crippen LogP contribution in [0.25, 0.3) is 0 Å².